The van der Waals surface area contributed by atoms with Crippen LogP contribution in [-0.4, -0.2) is 4.83 Å². The van der Waals surface area contributed by atoms with E-state index >= 15 is 0 Å². The Morgan fingerprint density at radius 3 is 2.47 bits per heavy atom. The number of hydrogen-bond donors (Lipinski definition) is 0. The molecular weight excluding hydrogens is 272 g/mol. The average Bonchev–Trinajstić information content (AvgIpc) is 2.28. The highest BCUT2D eigenvalue weighted by Gasteiger charge is 2.27. The first-order valence-electron chi connectivity index (χ1n) is 6.77. The number of alkyl halides is 1. The zero-order valence-corrected chi connectivity index (χ0v) is 12.8. The molecule has 2 rings (SSSR count). The second-order valence-corrected chi connectivity index (χ2v) is 6.94. The third-order valence-electron chi connectivity index (χ3n) is 4.26. The number of hydrogen-bond acceptors (Lipinski definition) is 0. The zero-order chi connectivity index (χ0) is 12.4. The second-order valence-electron chi connectivity index (χ2n) is 5.77. The summed E-state index contributed by atoms with van der Waals surface area (Å²) in [7, 11) is 0. The van der Waals surface area contributed by atoms with E-state index in [0.29, 0.717) is 0 Å². The van der Waals surface area contributed by atoms with Gasteiger partial charge in [-0.15, -0.1) is 0 Å². The summed E-state index contributed by atoms with van der Waals surface area (Å²) in [6.45, 7) is 6.90. The minimum atomic E-state index is 0.720. The number of rotatable bonds is 2. The third-order valence-corrected chi connectivity index (χ3v) is 5.47. The van der Waals surface area contributed by atoms with E-state index in [1.54, 1.807) is 5.56 Å². The lowest BCUT2D eigenvalue weighted by atomic mass is 9.78. The van der Waals surface area contributed by atoms with Gasteiger partial charge in [-0.05, 0) is 68.1 Å². The lowest BCUT2D eigenvalue weighted by molar-refractivity contribution is 0.294. The highest BCUT2D eigenvalue weighted by Crippen LogP contribution is 2.36. The zero-order valence-electron chi connectivity index (χ0n) is 11.2. The first-order chi connectivity index (χ1) is 8.08. The molecule has 94 valence electrons. The van der Waals surface area contributed by atoms with Gasteiger partial charge in [0.15, 0.2) is 0 Å². The molecule has 17 heavy (non-hydrogen) atoms. The van der Waals surface area contributed by atoms with Crippen molar-refractivity contribution in [2.45, 2.75) is 51.3 Å². The highest BCUT2D eigenvalue weighted by atomic mass is 79.9. The van der Waals surface area contributed by atoms with Gasteiger partial charge in [-0.1, -0.05) is 41.1 Å². The van der Waals surface area contributed by atoms with Gasteiger partial charge in [-0.3, -0.25) is 0 Å². The molecule has 1 aliphatic carbocycles. The Hall–Kier alpha value is -0.300. The van der Waals surface area contributed by atoms with Crippen molar-refractivity contribution in [3.8, 4) is 0 Å². The fourth-order valence-corrected chi connectivity index (χ4v) is 3.77. The van der Waals surface area contributed by atoms with E-state index in [-0.39, 0.29) is 0 Å². The molecule has 0 bridgehead atoms. The van der Waals surface area contributed by atoms with Crippen LogP contribution in [0.2, 0.25) is 0 Å². The fraction of sp³-hybridized carbons (Fsp3) is 0.625. The predicted molar refractivity (Wildman–Crippen MR) is 78.8 cm³/mol. The van der Waals surface area contributed by atoms with Gasteiger partial charge >= 0.3 is 0 Å². The number of halogens is 1. The van der Waals surface area contributed by atoms with E-state index in [1.165, 1.54) is 36.8 Å². The molecule has 0 nitrogen and oxygen atoms in total. The maximum atomic E-state index is 3.89. The van der Waals surface area contributed by atoms with Gasteiger partial charge in [0.25, 0.3) is 0 Å². The molecule has 3 unspecified atom stereocenters. The largest absolute Gasteiger partial charge is 0.0888 e. The Bertz CT molecular complexity index is 363. The summed E-state index contributed by atoms with van der Waals surface area (Å²) in [6.07, 6.45) is 5.36. The monoisotopic (exact) mass is 294 g/mol. The van der Waals surface area contributed by atoms with Gasteiger partial charge in [0.2, 0.25) is 0 Å². The quantitative estimate of drug-likeness (QED) is 0.670. The Morgan fingerprint density at radius 2 is 1.82 bits per heavy atom. The van der Waals surface area contributed by atoms with Crippen LogP contribution in [0.25, 0.3) is 0 Å². The molecular formula is C16H23Br. The van der Waals surface area contributed by atoms with Crippen LogP contribution in [0.4, 0.5) is 0 Å². The van der Waals surface area contributed by atoms with E-state index in [4.69, 9.17) is 0 Å². The maximum Gasteiger partial charge on any atom is 0.0177 e. The highest BCUT2D eigenvalue weighted by molar-refractivity contribution is 9.09. The molecule has 1 aliphatic rings. The van der Waals surface area contributed by atoms with Crippen LogP contribution in [0.5, 0.6) is 0 Å². The average molecular weight is 295 g/mol. The van der Waals surface area contributed by atoms with Gasteiger partial charge in [0.1, 0.15) is 0 Å². The van der Waals surface area contributed by atoms with Crippen molar-refractivity contribution < 1.29 is 0 Å². The van der Waals surface area contributed by atoms with E-state index in [2.05, 4.69) is 54.9 Å². The third kappa shape index (κ3) is 3.13. The lowest BCUT2D eigenvalue weighted by Gasteiger charge is -2.32. The summed E-state index contributed by atoms with van der Waals surface area (Å²) in [6, 6.07) is 6.67. The molecule has 0 heterocycles. The molecule has 1 saturated carbocycles. The summed E-state index contributed by atoms with van der Waals surface area (Å²) in [4.78, 5) is 0.720. The van der Waals surface area contributed by atoms with Crippen LogP contribution in [0.3, 0.4) is 0 Å². The first kappa shape index (κ1) is 13.1. The minimum Gasteiger partial charge on any atom is -0.0888 e. The van der Waals surface area contributed by atoms with Crippen LogP contribution >= 0.6 is 15.9 Å². The van der Waals surface area contributed by atoms with Crippen molar-refractivity contribution >= 4 is 15.9 Å². The smallest absolute Gasteiger partial charge is 0.0177 e. The van der Waals surface area contributed by atoms with Crippen molar-refractivity contribution in [1.82, 2.24) is 0 Å². The van der Waals surface area contributed by atoms with Gasteiger partial charge in [-0.2, -0.15) is 0 Å². The van der Waals surface area contributed by atoms with Crippen molar-refractivity contribution in [1.29, 1.82) is 0 Å². The Morgan fingerprint density at radius 1 is 1.18 bits per heavy atom. The van der Waals surface area contributed by atoms with Crippen molar-refractivity contribution in [2.24, 2.45) is 11.8 Å². The molecule has 0 radical (unpaired) electrons. The molecule has 0 aliphatic heterocycles. The summed E-state index contributed by atoms with van der Waals surface area (Å²) in [5, 5.41) is 0. The van der Waals surface area contributed by atoms with Gasteiger partial charge in [0.05, 0.1) is 0 Å². The van der Waals surface area contributed by atoms with Crippen LogP contribution in [0.15, 0.2) is 18.2 Å². The number of aryl methyl sites for hydroxylation is 2. The van der Waals surface area contributed by atoms with E-state index in [9.17, 15) is 0 Å². The predicted octanol–water partition coefficient (Wildman–Crippen LogP) is 5.05. The maximum absolute atomic E-state index is 3.89. The molecule has 1 aromatic rings. The van der Waals surface area contributed by atoms with E-state index in [0.717, 1.165) is 16.7 Å². The van der Waals surface area contributed by atoms with Crippen molar-refractivity contribution in [3.05, 3.63) is 34.9 Å². The molecule has 1 heteroatoms. The van der Waals surface area contributed by atoms with Crippen molar-refractivity contribution in [2.75, 3.05) is 0 Å². The van der Waals surface area contributed by atoms with E-state index in [1.807, 2.05) is 0 Å². The topological polar surface area (TPSA) is 0 Å². The molecule has 3 atom stereocenters. The molecule has 1 aromatic carbocycles. The van der Waals surface area contributed by atoms with Crippen LogP contribution in [0, 0.1) is 25.7 Å². The Balaban J connectivity index is 2.14. The van der Waals surface area contributed by atoms with Gasteiger partial charge in [-0.25, -0.2) is 0 Å². The lowest BCUT2D eigenvalue weighted by Crippen LogP contribution is -2.26. The Labute approximate surface area is 114 Å². The van der Waals surface area contributed by atoms with Crippen LogP contribution in [-0.2, 0) is 6.42 Å². The first-order valence-corrected chi connectivity index (χ1v) is 7.68. The molecule has 0 amide bonds. The summed E-state index contributed by atoms with van der Waals surface area (Å²) in [5.41, 5.74) is 4.50. The summed E-state index contributed by atoms with van der Waals surface area (Å²) in [5.74, 6) is 1.72. The summed E-state index contributed by atoms with van der Waals surface area (Å²) < 4.78 is 0. The summed E-state index contributed by atoms with van der Waals surface area (Å²) >= 11 is 3.89. The normalized spacial score (nSPS) is 29.3. The minimum absolute atomic E-state index is 0.720. The second kappa shape index (κ2) is 5.56. The number of benzene rings is 1. The van der Waals surface area contributed by atoms with Gasteiger partial charge < -0.3 is 0 Å². The molecule has 0 spiro atoms. The Kier molecular flexibility index (Phi) is 4.30. The fourth-order valence-electron chi connectivity index (χ4n) is 3.11. The van der Waals surface area contributed by atoms with E-state index < -0.39 is 0 Å². The van der Waals surface area contributed by atoms with Crippen molar-refractivity contribution in [3.63, 3.8) is 0 Å². The van der Waals surface area contributed by atoms with Crippen LogP contribution in [0.1, 0.15) is 42.9 Å². The molecule has 0 N–H and O–H groups in total. The molecule has 0 saturated heterocycles. The standard InChI is InChI=1S/C16H23Br/c1-11-7-8-16(17)14(9-11)10-15-12(2)5-4-6-13(15)3/h4-6,11,14,16H,7-10H2,1-3H3. The molecule has 1 fully saturated rings. The van der Waals surface area contributed by atoms with Gasteiger partial charge in [0, 0.05) is 4.83 Å². The molecule has 0 aromatic heterocycles. The SMILES string of the molecule is Cc1cccc(C)c1CC1CC(C)CCC1Br. The van der Waals surface area contributed by atoms with Crippen LogP contribution < -0.4 is 0 Å².